The summed E-state index contributed by atoms with van der Waals surface area (Å²) in [5.74, 6) is 0.924. The van der Waals surface area contributed by atoms with E-state index >= 15 is 0 Å². The second kappa shape index (κ2) is 7.44. The summed E-state index contributed by atoms with van der Waals surface area (Å²) >= 11 is 0. The summed E-state index contributed by atoms with van der Waals surface area (Å²) in [7, 11) is 1.94. The molecule has 0 aromatic heterocycles. The SMILES string of the molecule is CN(CC1CCCCC1)C(=O)Cc1ccc(CN)cc1. The van der Waals surface area contributed by atoms with Gasteiger partial charge in [0.05, 0.1) is 6.42 Å². The number of carbonyl (C=O) groups is 1. The van der Waals surface area contributed by atoms with Crippen LogP contribution in [0.4, 0.5) is 0 Å². The molecule has 1 amide bonds. The molecule has 0 atom stereocenters. The molecule has 110 valence electrons. The first-order chi connectivity index (χ1) is 9.69. The molecule has 0 saturated heterocycles. The average Bonchev–Trinajstić information content (AvgIpc) is 2.49. The van der Waals surface area contributed by atoms with Crippen LogP contribution in [0.3, 0.4) is 0 Å². The first-order valence-electron chi connectivity index (χ1n) is 7.71. The minimum Gasteiger partial charge on any atom is -0.345 e. The lowest BCUT2D eigenvalue weighted by atomic mass is 9.89. The molecule has 0 spiro atoms. The Labute approximate surface area is 122 Å². The molecule has 0 unspecified atom stereocenters. The molecule has 3 nitrogen and oxygen atoms in total. The summed E-state index contributed by atoms with van der Waals surface area (Å²) in [6.07, 6.45) is 7.07. The van der Waals surface area contributed by atoms with Crippen LogP contribution in [-0.2, 0) is 17.8 Å². The van der Waals surface area contributed by atoms with Crippen molar-refractivity contribution in [2.24, 2.45) is 11.7 Å². The van der Waals surface area contributed by atoms with Gasteiger partial charge >= 0.3 is 0 Å². The Balaban J connectivity index is 1.83. The standard InChI is InChI=1S/C17H26N2O/c1-19(13-16-5-3-2-4-6-16)17(20)11-14-7-9-15(12-18)10-8-14/h7-10,16H,2-6,11-13,18H2,1H3. The molecule has 1 aliphatic rings. The first kappa shape index (κ1) is 15.0. The Kier molecular flexibility index (Phi) is 5.60. The van der Waals surface area contributed by atoms with Crippen molar-refractivity contribution in [1.29, 1.82) is 0 Å². The fourth-order valence-corrected chi connectivity index (χ4v) is 2.96. The number of hydrogen-bond donors (Lipinski definition) is 1. The summed E-state index contributed by atoms with van der Waals surface area (Å²) in [6, 6.07) is 8.02. The predicted octanol–water partition coefficient (Wildman–Crippen LogP) is 2.73. The zero-order valence-electron chi connectivity index (χ0n) is 12.5. The number of hydrogen-bond acceptors (Lipinski definition) is 2. The Morgan fingerprint density at radius 3 is 2.35 bits per heavy atom. The van der Waals surface area contributed by atoms with E-state index in [1.54, 1.807) is 0 Å². The van der Waals surface area contributed by atoms with Crippen LogP contribution in [0.1, 0.15) is 43.2 Å². The lowest BCUT2D eigenvalue weighted by Crippen LogP contribution is -2.33. The Morgan fingerprint density at radius 2 is 1.75 bits per heavy atom. The molecule has 3 heteroatoms. The lowest BCUT2D eigenvalue weighted by molar-refractivity contribution is -0.129. The molecule has 1 aromatic carbocycles. The van der Waals surface area contributed by atoms with E-state index in [2.05, 4.69) is 0 Å². The summed E-state index contributed by atoms with van der Waals surface area (Å²) in [5, 5.41) is 0. The zero-order chi connectivity index (χ0) is 14.4. The van der Waals surface area contributed by atoms with Crippen molar-refractivity contribution in [3.8, 4) is 0 Å². The van der Waals surface area contributed by atoms with Gasteiger partial charge in [-0.2, -0.15) is 0 Å². The van der Waals surface area contributed by atoms with Crippen LogP contribution in [0, 0.1) is 5.92 Å². The molecule has 1 aromatic rings. The van der Waals surface area contributed by atoms with Crippen LogP contribution >= 0.6 is 0 Å². The van der Waals surface area contributed by atoms with Crippen molar-refractivity contribution in [3.63, 3.8) is 0 Å². The van der Waals surface area contributed by atoms with Gasteiger partial charge in [-0.3, -0.25) is 4.79 Å². The maximum Gasteiger partial charge on any atom is 0.226 e. The molecule has 20 heavy (non-hydrogen) atoms. The molecule has 0 radical (unpaired) electrons. The third-order valence-electron chi connectivity index (χ3n) is 4.30. The largest absolute Gasteiger partial charge is 0.345 e. The summed E-state index contributed by atoms with van der Waals surface area (Å²) in [5.41, 5.74) is 7.76. The molecular formula is C17H26N2O. The number of carbonyl (C=O) groups excluding carboxylic acids is 1. The number of nitrogens with zero attached hydrogens (tertiary/aromatic N) is 1. The smallest absolute Gasteiger partial charge is 0.226 e. The minimum absolute atomic E-state index is 0.219. The molecular weight excluding hydrogens is 248 g/mol. The number of amides is 1. The number of likely N-dealkylation sites (N-methyl/N-ethyl adjacent to an activating group) is 1. The fourth-order valence-electron chi connectivity index (χ4n) is 2.96. The number of benzene rings is 1. The molecule has 1 aliphatic carbocycles. The maximum absolute atomic E-state index is 12.2. The van der Waals surface area contributed by atoms with Gasteiger partial charge in [-0.25, -0.2) is 0 Å². The molecule has 1 fully saturated rings. The Hall–Kier alpha value is -1.35. The number of nitrogens with two attached hydrogens (primary N) is 1. The van der Waals surface area contributed by atoms with Crippen LogP contribution in [0.5, 0.6) is 0 Å². The molecule has 0 bridgehead atoms. The third kappa shape index (κ3) is 4.34. The summed E-state index contributed by atoms with van der Waals surface area (Å²) in [4.78, 5) is 14.2. The van der Waals surface area contributed by atoms with E-state index in [4.69, 9.17) is 5.73 Å². The first-order valence-corrected chi connectivity index (χ1v) is 7.71. The number of rotatable bonds is 5. The van der Waals surface area contributed by atoms with Crippen LogP contribution in [-0.4, -0.2) is 24.4 Å². The Morgan fingerprint density at radius 1 is 1.15 bits per heavy atom. The van der Waals surface area contributed by atoms with Crippen molar-refractivity contribution in [1.82, 2.24) is 4.90 Å². The van der Waals surface area contributed by atoms with Crippen LogP contribution in [0.25, 0.3) is 0 Å². The van der Waals surface area contributed by atoms with Gasteiger partial charge in [0.15, 0.2) is 0 Å². The minimum atomic E-state index is 0.219. The van der Waals surface area contributed by atoms with Crippen LogP contribution in [0.2, 0.25) is 0 Å². The highest BCUT2D eigenvalue weighted by Crippen LogP contribution is 2.24. The van der Waals surface area contributed by atoms with E-state index in [0.717, 1.165) is 17.7 Å². The van der Waals surface area contributed by atoms with Crippen molar-refractivity contribution in [3.05, 3.63) is 35.4 Å². The molecule has 2 N–H and O–H groups in total. The van der Waals surface area contributed by atoms with Gasteiger partial charge in [-0.05, 0) is 29.9 Å². The van der Waals surface area contributed by atoms with Crippen LogP contribution < -0.4 is 5.73 Å². The molecule has 0 aliphatic heterocycles. The van der Waals surface area contributed by atoms with Crippen molar-refractivity contribution in [2.75, 3.05) is 13.6 Å². The maximum atomic E-state index is 12.2. The summed E-state index contributed by atoms with van der Waals surface area (Å²) in [6.45, 7) is 1.47. The van der Waals surface area contributed by atoms with E-state index in [1.807, 2.05) is 36.2 Å². The highest BCUT2D eigenvalue weighted by Gasteiger charge is 2.18. The molecule has 2 rings (SSSR count). The molecule has 1 saturated carbocycles. The quantitative estimate of drug-likeness (QED) is 0.897. The second-order valence-corrected chi connectivity index (χ2v) is 5.98. The van der Waals surface area contributed by atoms with Crippen molar-refractivity contribution in [2.45, 2.75) is 45.1 Å². The van der Waals surface area contributed by atoms with Gasteiger partial charge in [0.2, 0.25) is 5.91 Å². The monoisotopic (exact) mass is 274 g/mol. The highest BCUT2D eigenvalue weighted by atomic mass is 16.2. The third-order valence-corrected chi connectivity index (χ3v) is 4.30. The van der Waals surface area contributed by atoms with Crippen LogP contribution in [0.15, 0.2) is 24.3 Å². The van der Waals surface area contributed by atoms with Gasteiger partial charge < -0.3 is 10.6 Å². The van der Waals surface area contributed by atoms with Gasteiger partial charge in [0.1, 0.15) is 0 Å². The normalized spacial score (nSPS) is 16.1. The average molecular weight is 274 g/mol. The van der Waals surface area contributed by atoms with E-state index < -0.39 is 0 Å². The van der Waals surface area contributed by atoms with Gasteiger partial charge in [-0.15, -0.1) is 0 Å². The van der Waals surface area contributed by atoms with E-state index in [0.29, 0.717) is 18.9 Å². The van der Waals surface area contributed by atoms with Crippen molar-refractivity contribution >= 4 is 5.91 Å². The fraction of sp³-hybridized carbons (Fsp3) is 0.588. The van der Waals surface area contributed by atoms with E-state index in [-0.39, 0.29) is 5.91 Å². The van der Waals surface area contributed by atoms with E-state index in [9.17, 15) is 4.79 Å². The second-order valence-electron chi connectivity index (χ2n) is 5.98. The highest BCUT2D eigenvalue weighted by molar-refractivity contribution is 5.78. The Bertz CT molecular complexity index is 421. The van der Waals surface area contributed by atoms with Gasteiger partial charge in [0, 0.05) is 20.1 Å². The van der Waals surface area contributed by atoms with Crippen molar-refractivity contribution < 1.29 is 4.79 Å². The van der Waals surface area contributed by atoms with Gasteiger partial charge in [0.25, 0.3) is 0 Å². The predicted molar refractivity (Wildman–Crippen MR) is 82.2 cm³/mol. The zero-order valence-corrected chi connectivity index (χ0v) is 12.5. The summed E-state index contributed by atoms with van der Waals surface area (Å²) < 4.78 is 0. The van der Waals surface area contributed by atoms with Gasteiger partial charge in [-0.1, -0.05) is 43.5 Å². The van der Waals surface area contributed by atoms with E-state index in [1.165, 1.54) is 32.1 Å². The molecule has 0 heterocycles. The topological polar surface area (TPSA) is 46.3 Å². The lowest BCUT2D eigenvalue weighted by Gasteiger charge is -2.27.